The van der Waals surface area contributed by atoms with Crippen LogP contribution >= 0.6 is 0 Å². The van der Waals surface area contributed by atoms with Crippen molar-refractivity contribution >= 4 is 11.7 Å². The van der Waals surface area contributed by atoms with Crippen LogP contribution in [0, 0.1) is 0 Å². The first-order valence-electron chi connectivity index (χ1n) is 4.72. The lowest BCUT2D eigenvalue weighted by Crippen LogP contribution is -1.97. The summed E-state index contributed by atoms with van der Waals surface area (Å²) >= 11 is 0. The molecule has 0 aliphatic rings. The second-order valence-corrected chi connectivity index (χ2v) is 3.36. The van der Waals surface area contributed by atoms with Gasteiger partial charge < -0.3 is 10.8 Å². The first-order valence-corrected chi connectivity index (χ1v) is 4.72. The number of hydrogen-bond acceptors (Lipinski definition) is 3. The minimum Gasteiger partial charge on any atom is -0.478 e. The van der Waals surface area contributed by atoms with Crippen LogP contribution in [0.15, 0.2) is 42.6 Å². The van der Waals surface area contributed by atoms with E-state index in [9.17, 15) is 4.79 Å². The number of anilines is 1. The van der Waals surface area contributed by atoms with E-state index in [0.29, 0.717) is 5.69 Å². The van der Waals surface area contributed by atoms with Gasteiger partial charge in [-0.05, 0) is 24.3 Å². The van der Waals surface area contributed by atoms with E-state index < -0.39 is 5.97 Å². The molecule has 0 spiro atoms. The number of carbonyl (C=O) groups is 1. The highest BCUT2D eigenvalue weighted by Crippen LogP contribution is 2.18. The average Bonchev–Trinajstić information content (AvgIpc) is 2.30. The number of carboxylic acids is 1. The van der Waals surface area contributed by atoms with Gasteiger partial charge in [0, 0.05) is 17.4 Å². The zero-order chi connectivity index (χ0) is 11.5. The molecule has 1 heterocycles. The molecule has 16 heavy (non-hydrogen) atoms. The van der Waals surface area contributed by atoms with Crippen LogP contribution in [0.3, 0.4) is 0 Å². The fourth-order valence-electron chi connectivity index (χ4n) is 1.35. The fraction of sp³-hybridized carbons (Fsp3) is 0. The molecule has 0 bridgehead atoms. The van der Waals surface area contributed by atoms with Gasteiger partial charge in [-0.2, -0.15) is 0 Å². The van der Waals surface area contributed by atoms with Crippen molar-refractivity contribution in [3.8, 4) is 11.3 Å². The molecule has 0 radical (unpaired) electrons. The van der Waals surface area contributed by atoms with Crippen molar-refractivity contribution < 1.29 is 9.90 Å². The maximum absolute atomic E-state index is 10.6. The Labute approximate surface area is 92.4 Å². The van der Waals surface area contributed by atoms with Gasteiger partial charge in [-0.1, -0.05) is 12.1 Å². The Morgan fingerprint density at radius 1 is 1.12 bits per heavy atom. The summed E-state index contributed by atoms with van der Waals surface area (Å²) < 4.78 is 0. The smallest absolute Gasteiger partial charge is 0.337 e. The van der Waals surface area contributed by atoms with E-state index in [0.717, 1.165) is 11.3 Å². The lowest BCUT2D eigenvalue weighted by molar-refractivity contribution is 0.0696. The normalized spacial score (nSPS) is 10.0. The molecule has 0 fully saturated rings. The Balaban J connectivity index is 2.34. The summed E-state index contributed by atoms with van der Waals surface area (Å²) in [6.07, 6.45) is 1.34. The van der Waals surface area contributed by atoms with Crippen LogP contribution in [-0.4, -0.2) is 16.1 Å². The Bertz CT molecular complexity index is 504. The van der Waals surface area contributed by atoms with E-state index in [1.807, 2.05) is 12.1 Å². The third-order valence-electron chi connectivity index (χ3n) is 2.22. The summed E-state index contributed by atoms with van der Waals surface area (Å²) in [6, 6.07) is 10.5. The minimum atomic E-state index is -0.976. The average molecular weight is 214 g/mol. The van der Waals surface area contributed by atoms with Gasteiger partial charge in [0.25, 0.3) is 0 Å². The number of benzene rings is 1. The number of pyridine rings is 1. The molecule has 4 heteroatoms. The van der Waals surface area contributed by atoms with Crippen molar-refractivity contribution in [2.75, 3.05) is 5.73 Å². The maximum Gasteiger partial charge on any atom is 0.337 e. The van der Waals surface area contributed by atoms with Crippen molar-refractivity contribution in [1.29, 1.82) is 0 Å². The molecule has 1 aromatic carbocycles. The zero-order valence-corrected chi connectivity index (χ0v) is 8.42. The van der Waals surface area contributed by atoms with E-state index in [1.54, 1.807) is 18.2 Å². The molecule has 0 unspecified atom stereocenters. The molecule has 80 valence electrons. The molecule has 4 nitrogen and oxygen atoms in total. The van der Waals surface area contributed by atoms with E-state index >= 15 is 0 Å². The standard InChI is InChI=1S/C12H10N2O2/c13-10-4-1-8(2-5-10)11-6-3-9(7-14-11)12(15)16/h1-7H,13H2,(H,15,16). The van der Waals surface area contributed by atoms with Gasteiger partial charge in [-0.15, -0.1) is 0 Å². The molecule has 3 N–H and O–H groups in total. The van der Waals surface area contributed by atoms with E-state index in [2.05, 4.69) is 4.98 Å². The highest BCUT2D eigenvalue weighted by molar-refractivity contribution is 5.87. The predicted molar refractivity (Wildman–Crippen MR) is 61.0 cm³/mol. The van der Waals surface area contributed by atoms with E-state index in [-0.39, 0.29) is 5.56 Å². The SMILES string of the molecule is Nc1ccc(-c2ccc(C(=O)O)cn2)cc1. The lowest BCUT2D eigenvalue weighted by atomic mass is 10.1. The quantitative estimate of drug-likeness (QED) is 0.750. The van der Waals surface area contributed by atoms with Crippen LogP contribution in [-0.2, 0) is 0 Å². The Kier molecular flexibility index (Phi) is 2.55. The number of hydrogen-bond donors (Lipinski definition) is 2. The molecule has 1 aromatic heterocycles. The van der Waals surface area contributed by atoms with E-state index in [1.165, 1.54) is 12.3 Å². The summed E-state index contributed by atoms with van der Waals surface area (Å²) in [5.41, 5.74) is 8.07. The first kappa shape index (κ1) is 10.2. The van der Waals surface area contributed by atoms with Crippen LogP contribution in [0.4, 0.5) is 5.69 Å². The van der Waals surface area contributed by atoms with Crippen LogP contribution in [0.25, 0.3) is 11.3 Å². The fourth-order valence-corrected chi connectivity index (χ4v) is 1.35. The van der Waals surface area contributed by atoms with Gasteiger partial charge in [0.2, 0.25) is 0 Å². The van der Waals surface area contributed by atoms with Crippen LogP contribution in [0.1, 0.15) is 10.4 Å². The Morgan fingerprint density at radius 3 is 2.31 bits per heavy atom. The van der Waals surface area contributed by atoms with Crippen molar-refractivity contribution in [3.63, 3.8) is 0 Å². The van der Waals surface area contributed by atoms with Crippen molar-refractivity contribution in [2.24, 2.45) is 0 Å². The van der Waals surface area contributed by atoms with Gasteiger partial charge in [0.1, 0.15) is 0 Å². The van der Waals surface area contributed by atoms with Gasteiger partial charge >= 0.3 is 5.97 Å². The molecular weight excluding hydrogens is 204 g/mol. The number of aromatic nitrogens is 1. The summed E-state index contributed by atoms with van der Waals surface area (Å²) in [5, 5.41) is 8.73. The number of carboxylic acid groups (broad SMARTS) is 1. The monoisotopic (exact) mass is 214 g/mol. The highest BCUT2D eigenvalue weighted by Gasteiger charge is 2.03. The maximum atomic E-state index is 10.6. The van der Waals surface area contributed by atoms with Crippen molar-refractivity contribution in [2.45, 2.75) is 0 Å². The molecule has 0 saturated carbocycles. The third kappa shape index (κ3) is 2.00. The number of nitrogens with two attached hydrogens (primary N) is 1. The number of nitrogen functional groups attached to an aromatic ring is 1. The van der Waals surface area contributed by atoms with Crippen LogP contribution < -0.4 is 5.73 Å². The summed E-state index contributed by atoms with van der Waals surface area (Å²) in [7, 11) is 0. The van der Waals surface area contributed by atoms with Crippen molar-refractivity contribution in [1.82, 2.24) is 4.98 Å². The molecule has 0 saturated heterocycles. The Hall–Kier alpha value is -2.36. The lowest BCUT2D eigenvalue weighted by Gasteiger charge is -2.01. The topological polar surface area (TPSA) is 76.2 Å². The van der Waals surface area contributed by atoms with Gasteiger partial charge in [-0.3, -0.25) is 4.98 Å². The van der Waals surface area contributed by atoms with Crippen LogP contribution in [0.2, 0.25) is 0 Å². The summed E-state index contributed by atoms with van der Waals surface area (Å²) in [4.78, 5) is 14.7. The second kappa shape index (κ2) is 4.02. The molecule has 2 aromatic rings. The molecule has 2 rings (SSSR count). The van der Waals surface area contributed by atoms with Crippen molar-refractivity contribution in [3.05, 3.63) is 48.2 Å². The molecular formula is C12H10N2O2. The summed E-state index contributed by atoms with van der Waals surface area (Å²) in [6.45, 7) is 0. The predicted octanol–water partition coefficient (Wildman–Crippen LogP) is 2.03. The molecule has 0 amide bonds. The number of rotatable bonds is 2. The van der Waals surface area contributed by atoms with E-state index in [4.69, 9.17) is 10.8 Å². The third-order valence-corrected chi connectivity index (χ3v) is 2.22. The van der Waals surface area contributed by atoms with Gasteiger partial charge in [0.15, 0.2) is 0 Å². The highest BCUT2D eigenvalue weighted by atomic mass is 16.4. The summed E-state index contributed by atoms with van der Waals surface area (Å²) in [5.74, 6) is -0.976. The van der Waals surface area contributed by atoms with Gasteiger partial charge in [0.05, 0.1) is 11.3 Å². The van der Waals surface area contributed by atoms with Gasteiger partial charge in [-0.25, -0.2) is 4.79 Å². The largest absolute Gasteiger partial charge is 0.478 e. The first-order chi connectivity index (χ1) is 7.66. The zero-order valence-electron chi connectivity index (χ0n) is 8.42. The second-order valence-electron chi connectivity index (χ2n) is 3.36. The minimum absolute atomic E-state index is 0.180. The molecule has 0 atom stereocenters. The van der Waals surface area contributed by atoms with Crippen LogP contribution in [0.5, 0.6) is 0 Å². The number of aromatic carboxylic acids is 1. The Morgan fingerprint density at radius 2 is 1.81 bits per heavy atom. The molecule has 0 aliphatic heterocycles. The number of nitrogens with zero attached hydrogens (tertiary/aromatic N) is 1. The molecule has 0 aliphatic carbocycles.